The van der Waals surface area contributed by atoms with Gasteiger partial charge in [0.25, 0.3) is 0 Å². The zero-order valence-corrected chi connectivity index (χ0v) is 16.1. The highest BCUT2D eigenvalue weighted by Crippen LogP contribution is 2.35. The topological polar surface area (TPSA) is 35.5 Å². The first kappa shape index (κ1) is 20.3. The van der Waals surface area contributed by atoms with Crippen LogP contribution in [0.25, 0.3) is 0 Å². The molecule has 1 aliphatic rings. The first-order chi connectivity index (χ1) is 13.6. The summed E-state index contributed by atoms with van der Waals surface area (Å²) in [6.07, 6.45) is 4.27. The average molecular weight is 388 g/mol. The molecule has 3 nitrogen and oxygen atoms in total. The number of aryl methyl sites for hydroxylation is 1. The van der Waals surface area contributed by atoms with E-state index < -0.39 is 23.5 Å². The molecular weight excluding hydrogens is 362 g/mol. The smallest absolute Gasteiger partial charge is 0.313 e. The highest BCUT2D eigenvalue weighted by atomic mass is 19.2. The molecule has 1 fully saturated rings. The van der Waals surface area contributed by atoms with Crippen LogP contribution in [0, 0.1) is 11.6 Å². The molecule has 5 heteroatoms. The van der Waals surface area contributed by atoms with Crippen LogP contribution in [0.3, 0.4) is 0 Å². The van der Waals surface area contributed by atoms with Crippen molar-refractivity contribution in [1.82, 2.24) is 0 Å². The summed E-state index contributed by atoms with van der Waals surface area (Å²) in [4.78, 5) is 12.4. The van der Waals surface area contributed by atoms with Gasteiger partial charge in [0.2, 0.25) is 5.82 Å². The van der Waals surface area contributed by atoms with Crippen LogP contribution in [-0.2, 0) is 16.0 Å². The normalized spacial score (nSPS) is 19.3. The number of halogens is 2. The molecule has 2 atom stereocenters. The molecule has 0 radical (unpaired) electrons. The minimum Gasteiger partial charge on any atom is -0.490 e. The number of benzene rings is 2. The van der Waals surface area contributed by atoms with Gasteiger partial charge in [-0.3, -0.25) is 4.79 Å². The van der Waals surface area contributed by atoms with Gasteiger partial charge in [0.15, 0.2) is 11.6 Å². The third-order valence-electron chi connectivity index (χ3n) is 5.09. The van der Waals surface area contributed by atoms with E-state index in [0.717, 1.165) is 19.3 Å². The van der Waals surface area contributed by atoms with Gasteiger partial charge in [-0.25, -0.2) is 4.39 Å². The average Bonchev–Trinajstić information content (AvgIpc) is 2.71. The number of carbonyl (C=O) groups excluding carboxylic acids is 1. The number of rotatable bonds is 8. The molecular formula is C23H26F2O3. The zero-order chi connectivity index (χ0) is 19.9. The monoisotopic (exact) mass is 388 g/mol. The molecule has 2 aromatic rings. The third kappa shape index (κ3) is 4.89. The van der Waals surface area contributed by atoms with Crippen molar-refractivity contribution in [2.75, 3.05) is 6.61 Å². The van der Waals surface area contributed by atoms with Gasteiger partial charge in [-0.1, -0.05) is 43.3 Å². The van der Waals surface area contributed by atoms with Crippen molar-refractivity contribution in [2.45, 2.75) is 57.5 Å². The zero-order valence-electron chi connectivity index (χ0n) is 16.1. The Hall–Kier alpha value is -2.43. The molecule has 1 aliphatic heterocycles. The van der Waals surface area contributed by atoms with Crippen LogP contribution in [0.4, 0.5) is 8.78 Å². The summed E-state index contributed by atoms with van der Waals surface area (Å²) in [7, 11) is 0. The van der Waals surface area contributed by atoms with E-state index in [-0.39, 0.29) is 17.4 Å². The van der Waals surface area contributed by atoms with Crippen LogP contribution < -0.4 is 4.74 Å². The van der Waals surface area contributed by atoms with Crippen LogP contribution in [0.2, 0.25) is 0 Å². The van der Waals surface area contributed by atoms with Crippen molar-refractivity contribution >= 4 is 5.97 Å². The second-order valence-electron chi connectivity index (χ2n) is 7.20. The van der Waals surface area contributed by atoms with E-state index in [1.54, 1.807) is 0 Å². The summed E-state index contributed by atoms with van der Waals surface area (Å²) < 4.78 is 39.4. The third-order valence-corrected chi connectivity index (χ3v) is 5.09. The molecule has 0 bridgehead atoms. The lowest BCUT2D eigenvalue weighted by Gasteiger charge is -2.28. The summed E-state index contributed by atoms with van der Waals surface area (Å²) in [6, 6.07) is 13.0. The number of hydrogen-bond donors (Lipinski definition) is 0. The summed E-state index contributed by atoms with van der Waals surface area (Å²) in [5.74, 6) is -3.41. The van der Waals surface area contributed by atoms with Crippen molar-refractivity contribution in [2.24, 2.45) is 0 Å². The number of cyclic esters (lactones) is 1. The van der Waals surface area contributed by atoms with Crippen LogP contribution in [0.5, 0.6) is 5.75 Å². The van der Waals surface area contributed by atoms with Crippen molar-refractivity contribution in [3.63, 3.8) is 0 Å². The molecule has 2 aromatic carbocycles. The molecule has 0 aliphatic carbocycles. The minimum absolute atomic E-state index is 0.0501. The first-order valence-electron chi connectivity index (χ1n) is 9.95. The summed E-state index contributed by atoms with van der Waals surface area (Å²) >= 11 is 0. The predicted molar refractivity (Wildman–Crippen MR) is 103 cm³/mol. The Morgan fingerprint density at radius 2 is 1.86 bits per heavy atom. The van der Waals surface area contributed by atoms with E-state index in [1.807, 2.05) is 25.1 Å². The molecule has 2 unspecified atom stereocenters. The SMILES string of the molecule is CCCOc1ccc(C2CCC(CCCc3ccccc3)OC2=O)c(F)c1F. The van der Waals surface area contributed by atoms with E-state index in [1.165, 1.54) is 17.7 Å². The highest BCUT2D eigenvalue weighted by Gasteiger charge is 2.34. The molecule has 0 saturated carbocycles. The molecule has 0 spiro atoms. The first-order valence-corrected chi connectivity index (χ1v) is 9.95. The van der Waals surface area contributed by atoms with Crippen molar-refractivity contribution in [3.8, 4) is 5.75 Å². The predicted octanol–water partition coefficient (Wildman–Crippen LogP) is 5.57. The van der Waals surface area contributed by atoms with Gasteiger partial charge in [0, 0.05) is 5.56 Å². The van der Waals surface area contributed by atoms with Crippen molar-refractivity contribution in [1.29, 1.82) is 0 Å². The summed E-state index contributed by atoms with van der Waals surface area (Å²) in [6.45, 7) is 2.20. The Labute approximate surface area is 164 Å². The Kier molecular flexibility index (Phi) is 7.01. The molecule has 28 heavy (non-hydrogen) atoms. The summed E-state index contributed by atoms with van der Waals surface area (Å²) in [5, 5.41) is 0. The minimum atomic E-state index is -1.04. The largest absolute Gasteiger partial charge is 0.490 e. The number of carbonyl (C=O) groups is 1. The lowest BCUT2D eigenvalue weighted by Crippen LogP contribution is -2.30. The van der Waals surface area contributed by atoms with Crippen LogP contribution in [0.1, 0.15) is 56.1 Å². The molecule has 0 amide bonds. The molecule has 1 saturated heterocycles. The van der Waals surface area contributed by atoms with E-state index in [9.17, 15) is 13.6 Å². The lowest BCUT2D eigenvalue weighted by molar-refractivity contribution is -0.156. The molecule has 1 heterocycles. The Morgan fingerprint density at radius 1 is 1.07 bits per heavy atom. The van der Waals surface area contributed by atoms with E-state index >= 15 is 0 Å². The second-order valence-corrected chi connectivity index (χ2v) is 7.20. The fourth-order valence-electron chi connectivity index (χ4n) is 3.58. The number of hydrogen-bond acceptors (Lipinski definition) is 3. The van der Waals surface area contributed by atoms with E-state index in [4.69, 9.17) is 9.47 Å². The van der Waals surface area contributed by atoms with Gasteiger partial charge in [-0.15, -0.1) is 0 Å². The molecule has 0 aromatic heterocycles. The maximum absolute atomic E-state index is 14.5. The fourth-order valence-corrected chi connectivity index (χ4v) is 3.58. The Bertz CT molecular complexity index is 792. The number of esters is 1. The Balaban J connectivity index is 1.56. The molecule has 150 valence electrons. The maximum atomic E-state index is 14.5. The maximum Gasteiger partial charge on any atom is 0.313 e. The van der Waals surface area contributed by atoms with Crippen molar-refractivity contribution in [3.05, 3.63) is 65.2 Å². The molecule has 0 N–H and O–H groups in total. The van der Waals surface area contributed by atoms with Gasteiger partial charge in [0.1, 0.15) is 6.10 Å². The Morgan fingerprint density at radius 3 is 2.57 bits per heavy atom. The van der Waals surface area contributed by atoms with Gasteiger partial charge >= 0.3 is 5.97 Å². The standard InChI is InChI=1S/C23H26F2O3/c1-2-15-27-20-14-13-18(21(24)22(20)25)19-12-11-17(28-23(19)26)10-6-9-16-7-4-3-5-8-16/h3-5,7-8,13-14,17,19H,2,6,9-12,15H2,1H3. The van der Waals surface area contributed by atoms with E-state index in [0.29, 0.717) is 25.9 Å². The van der Waals surface area contributed by atoms with E-state index in [2.05, 4.69) is 12.1 Å². The van der Waals surface area contributed by atoms with Gasteiger partial charge in [-0.05, 0) is 50.2 Å². The van der Waals surface area contributed by atoms with Gasteiger partial charge in [0.05, 0.1) is 12.5 Å². The van der Waals surface area contributed by atoms with Crippen LogP contribution in [-0.4, -0.2) is 18.7 Å². The second kappa shape index (κ2) is 9.67. The lowest BCUT2D eigenvalue weighted by atomic mass is 9.89. The van der Waals surface area contributed by atoms with Crippen LogP contribution >= 0.6 is 0 Å². The van der Waals surface area contributed by atoms with Crippen molar-refractivity contribution < 1.29 is 23.0 Å². The highest BCUT2D eigenvalue weighted by molar-refractivity contribution is 5.79. The molecule has 3 rings (SSSR count). The number of ether oxygens (including phenoxy) is 2. The van der Waals surface area contributed by atoms with Gasteiger partial charge in [-0.2, -0.15) is 4.39 Å². The fraction of sp³-hybridized carbons (Fsp3) is 0.435. The summed E-state index contributed by atoms with van der Waals surface area (Å²) in [5.41, 5.74) is 1.31. The van der Waals surface area contributed by atoms with Gasteiger partial charge < -0.3 is 9.47 Å². The quantitative estimate of drug-likeness (QED) is 0.555. The van der Waals surface area contributed by atoms with Crippen LogP contribution in [0.15, 0.2) is 42.5 Å².